The molecule has 1 unspecified atom stereocenters. The number of hydrogen-bond acceptors (Lipinski definition) is 6. The van der Waals surface area contributed by atoms with Gasteiger partial charge in [-0.1, -0.05) is 23.4 Å². The molecule has 0 saturated carbocycles. The summed E-state index contributed by atoms with van der Waals surface area (Å²) >= 11 is 0. The Balaban J connectivity index is 1.63. The maximum Gasteiger partial charge on any atom is 0.247 e. The minimum Gasteiger partial charge on any atom is -0.497 e. The Morgan fingerprint density at radius 1 is 1.04 bits per heavy atom. The molecule has 0 fully saturated rings. The van der Waals surface area contributed by atoms with Crippen LogP contribution in [0.15, 0.2) is 71.9 Å². The molecule has 28 heavy (non-hydrogen) atoms. The Morgan fingerprint density at radius 3 is 2.46 bits per heavy atom. The predicted molar refractivity (Wildman–Crippen MR) is 109 cm³/mol. The number of nitrogens with one attached hydrogen (secondary N) is 1. The van der Waals surface area contributed by atoms with Crippen LogP contribution in [0.5, 0.6) is 5.75 Å². The average molecular weight is 373 g/mol. The standard InChI is InChI=1S/C21H19N5O2/c1-14(25-27)15-6-10-17(11-7-15)22-21-23-20-5-3-4-19(26(20)24-21)16-8-12-18(28-2)13-9-16/h3-14H,1-2H3,(H,22,24). The van der Waals surface area contributed by atoms with Crippen molar-refractivity contribution in [1.29, 1.82) is 0 Å². The van der Waals surface area contributed by atoms with Gasteiger partial charge in [0.1, 0.15) is 11.8 Å². The third kappa shape index (κ3) is 3.42. The normalized spacial score (nSPS) is 11.9. The minimum absolute atomic E-state index is 0.366. The van der Waals surface area contributed by atoms with Gasteiger partial charge in [-0.05, 0) is 61.0 Å². The van der Waals surface area contributed by atoms with Crippen LogP contribution in [0.25, 0.3) is 16.9 Å². The van der Waals surface area contributed by atoms with Crippen LogP contribution in [0.1, 0.15) is 18.5 Å². The molecule has 7 nitrogen and oxygen atoms in total. The number of methoxy groups -OCH3 is 1. The Labute approximate surface area is 162 Å². The first kappa shape index (κ1) is 17.7. The molecule has 0 amide bonds. The largest absolute Gasteiger partial charge is 0.497 e. The molecule has 0 aliphatic heterocycles. The molecule has 0 saturated heterocycles. The molecule has 0 spiro atoms. The van der Waals surface area contributed by atoms with Gasteiger partial charge in [0, 0.05) is 11.3 Å². The van der Waals surface area contributed by atoms with Crippen LogP contribution in [0, 0.1) is 4.91 Å². The zero-order valence-electron chi connectivity index (χ0n) is 15.5. The van der Waals surface area contributed by atoms with Crippen molar-refractivity contribution in [3.05, 3.63) is 77.2 Å². The number of hydrogen-bond donors (Lipinski definition) is 1. The molecule has 4 aromatic rings. The topological polar surface area (TPSA) is 80.9 Å². The fourth-order valence-electron chi connectivity index (χ4n) is 2.97. The van der Waals surface area contributed by atoms with Crippen LogP contribution in [0.3, 0.4) is 0 Å². The van der Waals surface area contributed by atoms with Gasteiger partial charge >= 0.3 is 0 Å². The van der Waals surface area contributed by atoms with Gasteiger partial charge in [0.05, 0.1) is 12.8 Å². The maximum absolute atomic E-state index is 10.7. The zero-order chi connectivity index (χ0) is 19.5. The highest BCUT2D eigenvalue weighted by Gasteiger charge is 2.10. The van der Waals surface area contributed by atoms with Crippen molar-refractivity contribution in [2.75, 3.05) is 12.4 Å². The number of nitrogens with zero attached hydrogens (tertiary/aromatic N) is 4. The summed E-state index contributed by atoms with van der Waals surface area (Å²) < 4.78 is 7.03. The van der Waals surface area contributed by atoms with E-state index in [1.165, 1.54) is 0 Å². The lowest BCUT2D eigenvalue weighted by Gasteiger charge is -2.06. The minimum atomic E-state index is -0.366. The molecular formula is C21H19N5O2. The summed E-state index contributed by atoms with van der Waals surface area (Å²) in [6, 6.07) is 20.8. The Kier molecular flexibility index (Phi) is 4.72. The first-order valence-corrected chi connectivity index (χ1v) is 8.87. The molecule has 0 aliphatic rings. The summed E-state index contributed by atoms with van der Waals surface area (Å²) in [5.74, 6) is 1.30. The lowest BCUT2D eigenvalue weighted by Crippen LogP contribution is -1.96. The molecule has 2 aromatic carbocycles. The van der Waals surface area contributed by atoms with E-state index in [1.807, 2.05) is 66.7 Å². The number of ether oxygens (including phenoxy) is 1. The van der Waals surface area contributed by atoms with Crippen LogP contribution in [0.4, 0.5) is 11.6 Å². The van der Waals surface area contributed by atoms with Crippen LogP contribution in [-0.2, 0) is 0 Å². The molecule has 4 rings (SSSR count). The lowest BCUT2D eigenvalue weighted by molar-refractivity contribution is 0.415. The van der Waals surface area contributed by atoms with Gasteiger partial charge in [-0.2, -0.15) is 9.89 Å². The summed E-state index contributed by atoms with van der Waals surface area (Å²) in [4.78, 5) is 15.2. The number of rotatable bonds is 6. The van der Waals surface area contributed by atoms with Crippen molar-refractivity contribution in [3.63, 3.8) is 0 Å². The van der Waals surface area contributed by atoms with Crippen molar-refractivity contribution in [2.45, 2.75) is 13.0 Å². The fourth-order valence-corrected chi connectivity index (χ4v) is 2.97. The van der Waals surface area contributed by atoms with E-state index in [-0.39, 0.29) is 6.04 Å². The quantitative estimate of drug-likeness (QED) is 0.482. The number of nitroso groups, excluding NO2 is 1. The van der Waals surface area contributed by atoms with Gasteiger partial charge in [0.15, 0.2) is 5.65 Å². The third-order valence-corrected chi connectivity index (χ3v) is 4.55. The van der Waals surface area contributed by atoms with E-state index in [0.29, 0.717) is 5.95 Å². The molecule has 7 heteroatoms. The van der Waals surface area contributed by atoms with E-state index in [4.69, 9.17) is 4.74 Å². The molecule has 140 valence electrons. The van der Waals surface area contributed by atoms with Crippen molar-refractivity contribution in [3.8, 4) is 17.0 Å². The van der Waals surface area contributed by atoms with Gasteiger partial charge in [-0.3, -0.25) is 0 Å². The third-order valence-electron chi connectivity index (χ3n) is 4.55. The van der Waals surface area contributed by atoms with Crippen LogP contribution in [-0.4, -0.2) is 21.7 Å². The Hall–Kier alpha value is -3.74. The molecule has 0 bridgehead atoms. The smallest absolute Gasteiger partial charge is 0.247 e. The van der Waals surface area contributed by atoms with Crippen molar-refractivity contribution >= 4 is 17.3 Å². The van der Waals surface area contributed by atoms with Crippen molar-refractivity contribution in [1.82, 2.24) is 14.6 Å². The van der Waals surface area contributed by atoms with E-state index in [1.54, 1.807) is 18.5 Å². The summed E-state index contributed by atoms with van der Waals surface area (Å²) in [5, 5.41) is 10.8. The van der Waals surface area contributed by atoms with Gasteiger partial charge < -0.3 is 10.1 Å². The first-order valence-electron chi connectivity index (χ1n) is 8.87. The second-order valence-electron chi connectivity index (χ2n) is 6.37. The SMILES string of the molecule is COc1ccc(-c2cccc3nc(Nc4ccc(C(C)N=O)cc4)nn23)cc1. The number of benzene rings is 2. The zero-order valence-corrected chi connectivity index (χ0v) is 15.5. The van der Waals surface area contributed by atoms with Gasteiger partial charge in [-0.25, -0.2) is 4.52 Å². The highest BCUT2D eigenvalue weighted by atomic mass is 16.5. The lowest BCUT2D eigenvalue weighted by atomic mass is 10.1. The number of anilines is 2. The van der Waals surface area contributed by atoms with Gasteiger partial charge in [-0.15, -0.1) is 5.10 Å². The molecule has 0 aliphatic carbocycles. The average Bonchev–Trinajstić information content (AvgIpc) is 3.16. The van der Waals surface area contributed by atoms with E-state index in [0.717, 1.165) is 33.9 Å². The summed E-state index contributed by atoms with van der Waals surface area (Å²) in [7, 11) is 1.65. The second kappa shape index (κ2) is 7.48. The molecule has 0 radical (unpaired) electrons. The highest BCUT2D eigenvalue weighted by molar-refractivity contribution is 5.65. The highest BCUT2D eigenvalue weighted by Crippen LogP contribution is 2.25. The monoisotopic (exact) mass is 373 g/mol. The second-order valence-corrected chi connectivity index (χ2v) is 6.37. The summed E-state index contributed by atoms with van der Waals surface area (Å²) in [6.45, 7) is 1.76. The van der Waals surface area contributed by atoms with Gasteiger partial charge in [0.25, 0.3) is 0 Å². The Morgan fingerprint density at radius 2 is 1.79 bits per heavy atom. The molecule has 2 heterocycles. The molecule has 1 N–H and O–H groups in total. The van der Waals surface area contributed by atoms with E-state index >= 15 is 0 Å². The maximum atomic E-state index is 10.7. The van der Waals surface area contributed by atoms with Crippen LogP contribution in [0.2, 0.25) is 0 Å². The first-order chi connectivity index (χ1) is 13.7. The van der Waals surface area contributed by atoms with Crippen molar-refractivity contribution < 1.29 is 4.74 Å². The predicted octanol–water partition coefficient (Wildman–Crippen LogP) is 4.98. The van der Waals surface area contributed by atoms with E-state index in [9.17, 15) is 4.91 Å². The fraction of sp³-hybridized carbons (Fsp3) is 0.143. The van der Waals surface area contributed by atoms with Crippen LogP contribution < -0.4 is 10.1 Å². The molecule has 2 aromatic heterocycles. The van der Waals surface area contributed by atoms with Crippen LogP contribution >= 0.6 is 0 Å². The van der Waals surface area contributed by atoms with Crippen molar-refractivity contribution in [2.24, 2.45) is 5.18 Å². The number of pyridine rings is 1. The summed E-state index contributed by atoms with van der Waals surface area (Å²) in [5.41, 5.74) is 4.39. The van der Waals surface area contributed by atoms with Gasteiger partial charge in [0.2, 0.25) is 5.95 Å². The molecular weight excluding hydrogens is 354 g/mol. The van der Waals surface area contributed by atoms with E-state index < -0.39 is 0 Å². The van der Waals surface area contributed by atoms with E-state index in [2.05, 4.69) is 20.6 Å². The number of aromatic nitrogens is 3. The Bertz CT molecular complexity index is 1100. The summed E-state index contributed by atoms with van der Waals surface area (Å²) in [6.07, 6.45) is 0. The number of fused-ring (bicyclic) bond motifs is 1. The molecule has 1 atom stereocenters.